The highest BCUT2D eigenvalue weighted by molar-refractivity contribution is 5.87. The number of aryl methyl sites for hydroxylation is 1. The van der Waals surface area contributed by atoms with Gasteiger partial charge >= 0.3 is 11.7 Å². The highest BCUT2D eigenvalue weighted by Gasteiger charge is 2.14. The number of furan rings is 1. The molecule has 0 saturated carbocycles. The number of fused-ring (bicyclic) bond motifs is 1. The molecule has 0 atom stereocenters. The van der Waals surface area contributed by atoms with Crippen LogP contribution in [0.5, 0.6) is 0 Å². The summed E-state index contributed by atoms with van der Waals surface area (Å²) in [6.07, 6.45) is 0.445. The molecule has 0 fully saturated rings. The summed E-state index contributed by atoms with van der Waals surface area (Å²) in [5.74, 6) is -0.881. The standard InChI is InChI=1S/C21H16FNO5/c22-15-8-6-14(7-9-15)17-10-11-19(27-17)20(24)26-13-3-12-23-16-4-1-2-5-18(16)28-21(23)25/h1-2,4-11H,3,12-13H2. The van der Waals surface area contributed by atoms with E-state index in [9.17, 15) is 14.0 Å². The second-order valence-electron chi connectivity index (χ2n) is 6.15. The molecule has 2 heterocycles. The highest BCUT2D eigenvalue weighted by Crippen LogP contribution is 2.23. The zero-order chi connectivity index (χ0) is 19.5. The Hall–Kier alpha value is -3.61. The summed E-state index contributed by atoms with van der Waals surface area (Å²) in [4.78, 5) is 24.0. The number of oxazole rings is 1. The van der Waals surface area contributed by atoms with Gasteiger partial charge in [0.2, 0.25) is 5.76 Å². The molecule has 2 aromatic heterocycles. The molecule has 0 N–H and O–H groups in total. The second-order valence-corrected chi connectivity index (χ2v) is 6.15. The lowest BCUT2D eigenvalue weighted by Gasteiger charge is -2.04. The lowest BCUT2D eigenvalue weighted by molar-refractivity contribution is 0.0460. The van der Waals surface area contributed by atoms with Gasteiger partial charge in [0.1, 0.15) is 11.6 Å². The Morgan fingerprint density at radius 1 is 1.00 bits per heavy atom. The van der Waals surface area contributed by atoms with Gasteiger partial charge in [-0.3, -0.25) is 4.57 Å². The second kappa shape index (κ2) is 7.56. The van der Waals surface area contributed by atoms with Gasteiger partial charge in [-0.05, 0) is 55.0 Å². The molecular formula is C21H16FNO5. The highest BCUT2D eigenvalue weighted by atomic mass is 19.1. The number of nitrogens with zero attached hydrogens (tertiary/aromatic N) is 1. The molecule has 0 spiro atoms. The first-order chi connectivity index (χ1) is 13.6. The number of hydrogen-bond acceptors (Lipinski definition) is 5. The minimum atomic E-state index is -0.599. The van der Waals surface area contributed by atoms with Crippen molar-refractivity contribution in [2.24, 2.45) is 0 Å². The molecule has 7 heteroatoms. The number of ether oxygens (including phenoxy) is 1. The molecule has 4 rings (SSSR count). The smallest absolute Gasteiger partial charge is 0.419 e. The van der Waals surface area contributed by atoms with Crippen LogP contribution in [0, 0.1) is 5.82 Å². The molecule has 142 valence electrons. The van der Waals surface area contributed by atoms with Crippen molar-refractivity contribution >= 4 is 17.1 Å². The van der Waals surface area contributed by atoms with Crippen LogP contribution in [0.1, 0.15) is 17.0 Å². The van der Waals surface area contributed by atoms with Crippen LogP contribution in [0.2, 0.25) is 0 Å². The molecule has 0 bridgehead atoms. The van der Waals surface area contributed by atoms with Crippen molar-refractivity contribution in [2.45, 2.75) is 13.0 Å². The summed E-state index contributed by atoms with van der Waals surface area (Å²) in [5, 5.41) is 0. The first-order valence-corrected chi connectivity index (χ1v) is 8.73. The van der Waals surface area contributed by atoms with Gasteiger partial charge in [0.05, 0.1) is 12.1 Å². The topological polar surface area (TPSA) is 74.6 Å². The monoisotopic (exact) mass is 381 g/mol. The third-order valence-corrected chi connectivity index (χ3v) is 4.27. The molecule has 4 aromatic rings. The van der Waals surface area contributed by atoms with E-state index < -0.39 is 11.7 Å². The van der Waals surface area contributed by atoms with E-state index >= 15 is 0 Å². The van der Waals surface area contributed by atoms with Crippen LogP contribution in [0.25, 0.3) is 22.4 Å². The normalized spacial score (nSPS) is 11.0. The van der Waals surface area contributed by atoms with Gasteiger partial charge in [-0.25, -0.2) is 14.0 Å². The quantitative estimate of drug-likeness (QED) is 0.369. The number of rotatable bonds is 6. The van der Waals surface area contributed by atoms with Crippen LogP contribution in [-0.4, -0.2) is 17.1 Å². The Kier molecular flexibility index (Phi) is 4.80. The number of benzene rings is 2. The Morgan fingerprint density at radius 2 is 1.79 bits per heavy atom. The molecule has 2 aromatic carbocycles. The molecule has 28 heavy (non-hydrogen) atoms. The third-order valence-electron chi connectivity index (χ3n) is 4.27. The lowest BCUT2D eigenvalue weighted by Crippen LogP contribution is -2.16. The molecule has 0 aliphatic carbocycles. The van der Waals surface area contributed by atoms with E-state index in [1.807, 2.05) is 6.07 Å². The summed E-state index contributed by atoms with van der Waals surface area (Å²) in [6, 6.07) is 16.0. The SMILES string of the molecule is O=C(OCCCn1c(=O)oc2ccccc21)c1ccc(-c2ccc(F)cc2)o1. The van der Waals surface area contributed by atoms with Gasteiger partial charge in [-0.1, -0.05) is 12.1 Å². The molecule has 0 aliphatic heterocycles. The zero-order valence-corrected chi connectivity index (χ0v) is 14.8. The summed E-state index contributed by atoms with van der Waals surface area (Å²) in [7, 11) is 0. The van der Waals surface area contributed by atoms with Gasteiger partial charge < -0.3 is 13.6 Å². The average Bonchev–Trinajstić information content (AvgIpc) is 3.30. The van der Waals surface area contributed by atoms with Crippen LogP contribution in [0.15, 0.2) is 74.3 Å². The van der Waals surface area contributed by atoms with Gasteiger partial charge in [0.25, 0.3) is 0 Å². The fourth-order valence-electron chi connectivity index (χ4n) is 2.90. The van der Waals surface area contributed by atoms with E-state index in [0.29, 0.717) is 35.4 Å². The summed E-state index contributed by atoms with van der Waals surface area (Å²) in [6.45, 7) is 0.486. The number of para-hydroxylation sites is 2. The van der Waals surface area contributed by atoms with E-state index in [2.05, 4.69) is 0 Å². The van der Waals surface area contributed by atoms with Crippen LogP contribution in [0.3, 0.4) is 0 Å². The van der Waals surface area contributed by atoms with Gasteiger partial charge in [-0.15, -0.1) is 0 Å². The van der Waals surface area contributed by atoms with Crippen LogP contribution >= 0.6 is 0 Å². The minimum Gasteiger partial charge on any atom is -0.460 e. The number of hydrogen-bond donors (Lipinski definition) is 0. The molecule has 0 radical (unpaired) electrons. The number of aromatic nitrogens is 1. The van der Waals surface area contributed by atoms with Crippen LogP contribution in [0.4, 0.5) is 4.39 Å². The molecule has 0 amide bonds. The van der Waals surface area contributed by atoms with Crippen molar-refractivity contribution in [3.05, 3.63) is 82.8 Å². The minimum absolute atomic E-state index is 0.0604. The number of esters is 1. The maximum Gasteiger partial charge on any atom is 0.419 e. The van der Waals surface area contributed by atoms with E-state index in [1.165, 1.54) is 22.8 Å². The maximum atomic E-state index is 13.0. The van der Waals surface area contributed by atoms with Crippen molar-refractivity contribution in [2.75, 3.05) is 6.61 Å². The molecule has 6 nitrogen and oxygen atoms in total. The Morgan fingerprint density at radius 3 is 2.61 bits per heavy atom. The molecular weight excluding hydrogens is 365 g/mol. The van der Waals surface area contributed by atoms with E-state index in [1.54, 1.807) is 36.4 Å². The average molecular weight is 381 g/mol. The van der Waals surface area contributed by atoms with E-state index in [-0.39, 0.29) is 18.2 Å². The number of halogens is 1. The fraction of sp³-hybridized carbons (Fsp3) is 0.143. The van der Waals surface area contributed by atoms with Crippen LogP contribution < -0.4 is 5.76 Å². The van der Waals surface area contributed by atoms with Crippen molar-refractivity contribution in [1.82, 2.24) is 4.57 Å². The predicted molar refractivity (Wildman–Crippen MR) is 99.5 cm³/mol. The lowest BCUT2D eigenvalue weighted by atomic mass is 10.2. The number of carbonyl (C=O) groups excluding carboxylic acids is 1. The summed E-state index contributed by atoms with van der Waals surface area (Å²) in [5.41, 5.74) is 1.88. The van der Waals surface area contributed by atoms with Crippen molar-refractivity contribution < 1.29 is 22.8 Å². The molecule has 0 unspecified atom stereocenters. The number of carbonyl (C=O) groups is 1. The first-order valence-electron chi connectivity index (χ1n) is 8.73. The largest absolute Gasteiger partial charge is 0.460 e. The van der Waals surface area contributed by atoms with E-state index in [4.69, 9.17) is 13.6 Å². The van der Waals surface area contributed by atoms with Crippen molar-refractivity contribution in [3.8, 4) is 11.3 Å². The van der Waals surface area contributed by atoms with Gasteiger partial charge in [0, 0.05) is 12.1 Å². The Labute approximate surface area is 158 Å². The third kappa shape index (κ3) is 3.59. The van der Waals surface area contributed by atoms with Gasteiger partial charge in [0.15, 0.2) is 5.58 Å². The predicted octanol–water partition coefficient (Wildman–Crippen LogP) is 4.24. The fourth-order valence-corrected chi connectivity index (χ4v) is 2.90. The summed E-state index contributed by atoms with van der Waals surface area (Å²) >= 11 is 0. The van der Waals surface area contributed by atoms with E-state index in [0.717, 1.165) is 0 Å². The van der Waals surface area contributed by atoms with Crippen LogP contribution in [-0.2, 0) is 11.3 Å². The molecule has 0 aliphatic rings. The van der Waals surface area contributed by atoms with Crippen molar-refractivity contribution in [3.63, 3.8) is 0 Å². The Balaban J connectivity index is 1.34. The first kappa shape index (κ1) is 17.8. The zero-order valence-electron chi connectivity index (χ0n) is 14.8. The molecule has 0 saturated heterocycles. The Bertz CT molecular complexity index is 1170. The summed E-state index contributed by atoms with van der Waals surface area (Å²) < 4.78 is 30.3. The maximum absolute atomic E-state index is 13.0. The van der Waals surface area contributed by atoms with Crippen molar-refractivity contribution in [1.29, 1.82) is 0 Å². The van der Waals surface area contributed by atoms with Gasteiger partial charge in [-0.2, -0.15) is 0 Å².